The normalized spacial score (nSPS) is 21.0. The zero-order valence-electron chi connectivity index (χ0n) is 13.9. The maximum Gasteiger partial charge on any atom is 0.320 e. The summed E-state index contributed by atoms with van der Waals surface area (Å²) in [5.74, 6) is -0.781. The summed E-state index contributed by atoms with van der Waals surface area (Å²) in [4.78, 5) is 22.6. The summed E-state index contributed by atoms with van der Waals surface area (Å²) in [6.07, 6.45) is 12.2. The molecule has 5 nitrogen and oxygen atoms in total. The number of rotatable bonds is 12. The van der Waals surface area contributed by atoms with Crippen molar-refractivity contribution in [1.82, 2.24) is 10.6 Å². The van der Waals surface area contributed by atoms with Gasteiger partial charge in [0.15, 0.2) is 0 Å². The van der Waals surface area contributed by atoms with E-state index in [-0.39, 0.29) is 11.9 Å². The molecule has 0 aromatic heterocycles. The Morgan fingerprint density at radius 2 is 1.64 bits per heavy atom. The molecular weight excluding hydrogens is 280 g/mol. The predicted molar refractivity (Wildman–Crippen MR) is 87.8 cm³/mol. The molecule has 0 aromatic carbocycles. The Kier molecular flexibility index (Phi) is 9.87. The van der Waals surface area contributed by atoms with Crippen LogP contribution in [0.3, 0.4) is 0 Å². The minimum absolute atomic E-state index is 0.0350. The third kappa shape index (κ3) is 8.37. The summed E-state index contributed by atoms with van der Waals surface area (Å²) in [6, 6.07) is -0.551. The van der Waals surface area contributed by atoms with Gasteiger partial charge in [-0.25, -0.2) is 0 Å². The van der Waals surface area contributed by atoms with E-state index in [2.05, 4.69) is 17.6 Å². The number of hydrogen-bond donors (Lipinski definition) is 3. The van der Waals surface area contributed by atoms with Gasteiger partial charge >= 0.3 is 5.97 Å². The number of carboxylic acids is 1. The molecule has 1 amide bonds. The Labute approximate surface area is 134 Å². The minimum Gasteiger partial charge on any atom is -0.480 e. The molecule has 0 spiro atoms. The van der Waals surface area contributed by atoms with Crippen molar-refractivity contribution in [2.45, 2.75) is 89.6 Å². The highest BCUT2D eigenvalue weighted by atomic mass is 16.4. The van der Waals surface area contributed by atoms with Crippen molar-refractivity contribution < 1.29 is 14.7 Å². The van der Waals surface area contributed by atoms with Gasteiger partial charge in [-0.05, 0) is 12.8 Å². The van der Waals surface area contributed by atoms with Gasteiger partial charge in [0, 0.05) is 19.0 Å². The molecule has 0 unspecified atom stereocenters. The van der Waals surface area contributed by atoms with Crippen LogP contribution in [0.1, 0.15) is 77.6 Å². The van der Waals surface area contributed by atoms with Crippen LogP contribution in [0.15, 0.2) is 0 Å². The molecule has 1 aliphatic heterocycles. The van der Waals surface area contributed by atoms with Gasteiger partial charge < -0.3 is 15.7 Å². The quantitative estimate of drug-likeness (QED) is 0.484. The van der Waals surface area contributed by atoms with Crippen LogP contribution >= 0.6 is 0 Å². The van der Waals surface area contributed by atoms with Gasteiger partial charge in [0.25, 0.3) is 0 Å². The molecule has 22 heavy (non-hydrogen) atoms. The summed E-state index contributed by atoms with van der Waals surface area (Å²) in [5, 5.41) is 14.7. The first-order valence-corrected chi connectivity index (χ1v) is 8.89. The number of carbonyl (C=O) groups excluding carboxylic acids is 1. The first kappa shape index (κ1) is 18.9. The molecule has 0 aromatic rings. The van der Waals surface area contributed by atoms with Crippen LogP contribution in [0, 0.1) is 0 Å². The molecule has 128 valence electrons. The first-order valence-electron chi connectivity index (χ1n) is 8.89. The lowest BCUT2D eigenvalue weighted by molar-refractivity contribution is -0.139. The number of carbonyl (C=O) groups is 2. The highest BCUT2D eigenvalue weighted by Gasteiger charge is 2.29. The molecule has 2 atom stereocenters. The fraction of sp³-hybridized carbons (Fsp3) is 0.882. The molecule has 1 aliphatic rings. The van der Waals surface area contributed by atoms with Crippen molar-refractivity contribution in [2.24, 2.45) is 0 Å². The van der Waals surface area contributed by atoms with Crippen LogP contribution in [-0.4, -0.2) is 35.6 Å². The molecule has 0 aliphatic carbocycles. The average Bonchev–Trinajstić information content (AvgIpc) is 2.94. The number of carboxylic acid groups (broad SMARTS) is 1. The number of nitrogens with one attached hydrogen (secondary N) is 2. The molecule has 0 bridgehead atoms. The Morgan fingerprint density at radius 1 is 1.05 bits per heavy atom. The zero-order valence-corrected chi connectivity index (χ0v) is 13.9. The number of aliphatic carboxylic acids is 1. The van der Waals surface area contributed by atoms with Gasteiger partial charge in [0.1, 0.15) is 6.04 Å². The van der Waals surface area contributed by atoms with Crippen molar-refractivity contribution in [3.63, 3.8) is 0 Å². The largest absolute Gasteiger partial charge is 0.480 e. The maximum absolute atomic E-state index is 11.8. The second kappa shape index (κ2) is 11.5. The van der Waals surface area contributed by atoms with Crippen LogP contribution in [0.2, 0.25) is 0 Å². The topological polar surface area (TPSA) is 78.4 Å². The Hall–Kier alpha value is -1.10. The van der Waals surface area contributed by atoms with E-state index in [0.717, 1.165) is 12.8 Å². The van der Waals surface area contributed by atoms with Gasteiger partial charge in [-0.2, -0.15) is 0 Å². The number of hydrogen-bond acceptors (Lipinski definition) is 3. The van der Waals surface area contributed by atoms with Crippen LogP contribution in [0.25, 0.3) is 0 Å². The van der Waals surface area contributed by atoms with Crippen molar-refractivity contribution >= 4 is 11.9 Å². The van der Waals surface area contributed by atoms with E-state index in [0.29, 0.717) is 19.4 Å². The third-order valence-corrected chi connectivity index (χ3v) is 4.30. The van der Waals surface area contributed by atoms with E-state index in [4.69, 9.17) is 5.11 Å². The van der Waals surface area contributed by atoms with Gasteiger partial charge in [-0.3, -0.25) is 9.59 Å². The molecule has 1 rings (SSSR count). The zero-order chi connectivity index (χ0) is 16.2. The predicted octanol–water partition coefficient (Wildman–Crippen LogP) is 2.84. The van der Waals surface area contributed by atoms with E-state index in [9.17, 15) is 9.59 Å². The van der Waals surface area contributed by atoms with Gasteiger partial charge in [-0.1, -0.05) is 58.3 Å². The second-order valence-electron chi connectivity index (χ2n) is 6.38. The smallest absolute Gasteiger partial charge is 0.320 e. The fourth-order valence-corrected chi connectivity index (χ4v) is 2.93. The summed E-state index contributed by atoms with van der Waals surface area (Å²) in [5.41, 5.74) is 0. The average molecular weight is 312 g/mol. The molecule has 5 heteroatoms. The van der Waals surface area contributed by atoms with Gasteiger partial charge in [0.05, 0.1) is 0 Å². The lowest BCUT2D eigenvalue weighted by Gasteiger charge is -2.11. The molecular formula is C17H32N2O3. The Balaban J connectivity index is 1.93. The van der Waals surface area contributed by atoms with Gasteiger partial charge in [-0.15, -0.1) is 0 Å². The van der Waals surface area contributed by atoms with Crippen molar-refractivity contribution in [1.29, 1.82) is 0 Å². The van der Waals surface area contributed by atoms with Crippen molar-refractivity contribution in [3.8, 4) is 0 Å². The highest BCUT2D eigenvalue weighted by Crippen LogP contribution is 2.11. The van der Waals surface area contributed by atoms with E-state index < -0.39 is 12.0 Å². The second-order valence-corrected chi connectivity index (χ2v) is 6.38. The Morgan fingerprint density at radius 3 is 2.18 bits per heavy atom. The van der Waals surface area contributed by atoms with Crippen molar-refractivity contribution in [3.05, 3.63) is 0 Å². The van der Waals surface area contributed by atoms with Crippen molar-refractivity contribution in [2.75, 3.05) is 6.54 Å². The Bertz CT molecular complexity index is 334. The SMILES string of the molecule is CCCCCCCCCCCC(=O)N[C@H]1CN[C@H](C(=O)O)C1. The summed E-state index contributed by atoms with van der Waals surface area (Å²) < 4.78 is 0. The first-order chi connectivity index (χ1) is 10.6. The highest BCUT2D eigenvalue weighted by molar-refractivity contribution is 5.77. The third-order valence-electron chi connectivity index (χ3n) is 4.30. The lowest BCUT2D eigenvalue weighted by Crippen LogP contribution is -2.35. The molecule has 1 fully saturated rings. The molecule has 0 radical (unpaired) electrons. The number of amides is 1. The van der Waals surface area contributed by atoms with Gasteiger partial charge in [0.2, 0.25) is 5.91 Å². The maximum atomic E-state index is 11.8. The van der Waals surface area contributed by atoms with E-state index in [1.54, 1.807) is 0 Å². The summed E-state index contributed by atoms with van der Waals surface area (Å²) in [6.45, 7) is 2.79. The van der Waals surface area contributed by atoms with Crippen LogP contribution in [0.5, 0.6) is 0 Å². The van der Waals surface area contributed by atoms with E-state index >= 15 is 0 Å². The molecule has 3 N–H and O–H groups in total. The van der Waals surface area contributed by atoms with E-state index in [1.807, 2.05) is 0 Å². The van der Waals surface area contributed by atoms with E-state index in [1.165, 1.54) is 44.9 Å². The molecule has 1 heterocycles. The van der Waals surface area contributed by atoms with Crippen LogP contribution in [0.4, 0.5) is 0 Å². The fourth-order valence-electron chi connectivity index (χ4n) is 2.93. The van der Waals surface area contributed by atoms with Crippen LogP contribution in [-0.2, 0) is 9.59 Å². The van der Waals surface area contributed by atoms with Crippen LogP contribution < -0.4 is 10.6 Å². The summed E-state index contributed by atoms with van der Waals surface area (Å²) >= 11 is 0. The molecule has 0 saturated carbocycles. The standard InChI is InChI=1S/C17H32N2O3/c1-2-3-4-5-6-7-8-9-10-11-16(20)19-14-12-15(17(21)22)18-13-14/h14-15,18H,2-13H2,1H3,(H,19,20)(H,21,22)/t14-,15+/m1/s1. The summed E-state index contributed by atoms with van der Waals surface area (Å²) in [7, 11) is 0. The lowest BCUT2D eigenvalue weighted by atomic mass is 10.1. The monoisotopic (exact) mass is 312 g/mol. The molecule has 1 saturated heterocycles. The number of unbranched alkanes of at least 4 members (excludes halogenated alkanes) is 8. The minimum atomic E-state index is -0.837.